The molecule has 2 aliphatic rings. The lowest BCUT2D eigenvalue weighted by atomic mass is 10.00. The van der Waals surface area contributed by atoms with Crippen molar-refractivity contribution in [2.45, 2.75) is 58.7 Å². The number of halogens is 1. The van der Waals surface area contributed by atoms with Crippen molar-refractivity contribution in [2.24, 2.45) is 18.9 Å². The van der Waals surface area contributed by atoms with Crippen molar-refractivity contribution in [2.75, 3.05) is 39.6 Å². The normalized spacial score (nSPS) is 18.3. The molecular formula is C31H43ClN4O6. The van der Waals surface area contributed by atoms with E-state index >= 15 is 0 Å². The Morgan fingerprint density at radius 3 is 2.60 bits per heavy atom. The molecule has 3 aromatic rings. The maximum absolute atomic E-state index is 12.7. The van der Waals surface area contributed by atoms with E-state index in [9.17, 15) is 9.59 Å². The van der Waals surface area contributed by atoms with Crippen molar-refractivity contribution in [3.05, 3.63) is 46.4 Å². The summed E-state index contributed by atoms with van der Waals surface area (Å²) in [7, 11) is 1.77. The van der Waals surface area contributed by atoms with E-state index in [1.54, 1.807) is 11.6 Å². The third-order valence-electron chi connectivity index (χ3n) is 7.95. The average Bonchev–Trinajstić information content (AvgIpc) is 3.59. The third-order valence-corrected chi connectivity index (χ3v) is 7.95. The second kappa shape index (κ2) is 14.5. The molecule has 0 bridgehead atoms. The van der Waals surface area contributed by atoms with Crippen molar-refractivity contribution in [3.63, 3.8) is 0 Å². The fourth-order valence-electron chi connectivity index (χ4n) is 5.60. The molecule has 0 radical (unpaired) electrons. The highest BCUT2D eigenvalue weighted by Gasteiger charge is 2.28. The number of nitrogens with one attached hydrogen (secondary N) is 1. The van der Waals surface area contributed by atoms with Crippen LogP contribution < -0.4 is 15.6 Å². The lowest BCUT2D eigenvalue weighted by molar-refractivity contribution is -0.152. The standard InChI is InChI=1S/C31H42N4O6.ClH/c1-20(2)28(31(37)41-25-9-13-39-19-25)32-10-14-40-24-5-6-26-27(16-24)35(17-22-7-11-38-12-8-22)29(33-26)23-15-21(3)30(36)34(4)18-23;/h5-6,15-16,18,20,22,25,28,32H,7-14,17,19H2,1-4H3;1H. The van der Waals surface area contributed by atoms with Gasteiger partial charge in [-0.3, -0.25) is 9.59 Å². The molecule has 4 heterocycles. The molecular weight excluding hydrogens is 560 g/mol. The molecule has 0 amide bonds. The van der Waals surface area contributed by atoms with Crippen LogP contribution in [0.15, 0.2) is 35.3 Å². The largest absolute Gasteiger partial charge is 0.492 e. The van der Waals surface area contributed by atoms with Crippen LogP contribution >= 0.6 is 12.4 Å². The fourth-order valence-corrected chi connectivity index (χ4v) is 5.60. The second-order valence-corrected chi connectivity index (χ2v) is 11.5. The van der Waals surface area contributed by atoms with Crippen molar-refractivity contribution in [3.8, 4) is 17.1 Å². The molecule has 2 saturated heterocycles. The first-order chi connectivity index (χ1) is 19.8. The van der Waals surface area contributed by atoms with E-state index < -0.39 is 6.04 Å². The molecule has 11 heteroatoms. The first-order valence-corrected chi connectivity index (χ1v) is 14.7. The molecule has 0 saturated carbocycles. The van der Waals surface area contributed by atoms with Gasteiger partial charge in [-0.15, -0.1) is 12.4 Å². The Balaban J connectivity index is 0.00000405. The molecule has 0 spiro atoms. The SMILES string of the molecule is Cc1cc(-c2nc3ccc(OCCNC(C(=O)OC4CCOC4)C(C)C)cc3n2CC2CCOCC2)cn(C)c1=O.Cl. The predicted molar refractivity (Wildman–Crippen MR) is 163 cm³/mol. The monoisotopic (exact) mass is 602 g/mol. The van der Waals surface area contributed by atoms with Crippen LogP contribution in [0.3, 0.4) is 0 Å². The molecule has 1 aromatic carbocycles. The molecule has 2 atom stereocenters. The average molecular weight is 603 g/mol. The number of pyridine rings is 1. The minimum atomic E-state index is -0.407. The Kier molecular flexibility index (Phi) is 11.1. The number of rotatable bonds is 11. The van der Waals surface area contributed by atoms with Crippen molar-refractivity contribution < 1.29 is 23.7 Å². The van der Waals surface area contributed by atoms with Crippen LogP contribution in [0.25, 0.3) is 22.4 Å². The predicted octanol–water partition coefficient (Wildman–Crippen LogP) is 3.88. The number of ether oxygens (including phenoxy) is 4. The fraction of sp³-hybridized carbons (Fsp3) is 0.581. The second-order valence-electron chi connectivity index (χ2n) is 11.5. The summed E-state index contributed by atoms with van der Waals surface area (Å²) in [6.07, 6.45) is 4.45. The summed E-state index contributed by atoms with van der Waals surface area (Å²) < 4.78 is 26.6. The van der Waals surface area contributed by atoms with Crippen molar-refractivity contribution >= 4 is 29.4 Å². The zero-order valence-electron chi connectivity index (χ0n) is 25.0. The number of imidazole rings is 1. The van der Waals surface area contributed by atoms with Crippen molar-refractivity contribution in [1.29, 1.82) is 0 Å². The van der Waals surface area contributed by atoms with Crippen molar-refractivity contribution in [1.82, 2.24) is 19.4 Å². The molecule has 10 nitrogen and oxygen atoms in total. The number of aryl methyl sites for hydroxylation is 2. The van der Waals surface area contributed by atoms with Crippen LogP contribution in [-0.2, 0) is 32.6 Å². The summed E-state index contributed by atoms with van der Waals surface area (Å²) in [5, 5.41) is 3.31. The van der Waals surface area contributed by atoms with Crippen LogP contribution in [0, 0.1) is 18.8 Å². The molecule has 2 unspecified atom stereocenters. The molecule has 2 aliphatic heterocycles. The molecule has 2 aromatic heterocycles. The Labute approximate surface area is 253 Å². The first-order valence-electron chi connectivity index (χ1n) is 14.7. The lowest BCUT2D eigenvalue weighted by Gasteiger charge is -2.24. The Bertz CT molecular complexity index is 1380. The van der Waals surface area contributed by atoms with Gasteiger partial charge in [-0.1, -0.05) is 13.8 Å². The van der Waals surface area contributed by atoms with Gasteiger partial charge in [-0.05, 0) is 49.8 Å². The molecule has 5 rings (SSSR count). The van der Waals surface area contributed by atoms with E-state index in [0.29, 0.717) is 37.8 Å². The van der Waals surface area contributed by atoms with Crippen LogP contribution in [0.1, 0.15) is 38.7 Å². The summed E-state index contributed by atoms with van der Waals surface area (Å²) in [6, 6.07) is 7.46. The van der Waals surface area contributed by atoms with Gasteiger partial charge in [0, 0.05) is 63.2 Å². The third kappa shape index (κ3) is 7.53. The van der Waals surface area contributed by atoms with Gasteiger partial charge >= 0.3 is 5.97 Å². The topological polar surface area (TPSA) is 106 Å². The van der Waals surface area contributed by atoms with E-state index in [2.05, 4.69) is 9.88 Å². The summed E-state index contributed by atoms with van der Waals surface area (Å²) >= 11 is 0. The highest BCUT2D eigenvalue weighted by molar-refractivity contribution is 5.85. The Morgan fingerprint density at radius 2 is 1.90 bits per heavy atom. The Morgan fingerprint density at radius 1 is 1.14 bits per heavy atom. The number of hydrogen-bond donors (Lipinski definition) is 1. The van der Waals surface area contributed by atoms with E-state index in [-0.39, 0.29) is 36.0 Å². The number of esters is 1. The van der Waals surface area contributed by atoms with Crippen LogP contribution in [0.5, 0.6) is 5.75 Å². The molecule has 2 fully saturated rings. The quantitative estimate of drug-likeness (QED) is 0.260. The van der Waals surface area contributed by atoms with Crippen LogP contribution in [0.2, 0.25) is 0 Å². The van der Waals surface area contributed by atoms with Gasteiger partial charge in [0.1, 0.15) is 30.3 Å². The summed E-state index contributed by atoms with van der Waals surface area (Å²) in [6.45, 7) is 10.2. The van der Waals surface area contributed by atoms with Gasteiger partial charge in [-0.25, -0.2) is 4.98 Å². The minimum absolute atomic E-state index is 0. The maximum Gasteiger partial charge on any atom is 0.323 e. The molecule has 42 heavy (non-hydrogen) atoms. The number of carbonyl (C=O) groups excluding carboxylic acids is 1. The van der Waals surface area contributed by atoms with Gasteiger partial charge in [0.25, 0.3) is 5.56 Å². The van der Waals surface area contributed by atoms with E-state index in [0.717, 1.165) is 67.2 Å². The highest BCUT2D eigenvalue weighted by atomic mass is 35.5. The van der Waals surface area contributed by atoms with Gasteiger partial charge in [0.05, 0.1) is 24.2 Å². The smallest absolute Gasteiger partial charge is 0.323 e. The highest BCUT2D eigenvalue weighted by Crippen LogP contribution is 2.30. The van der Waals surface area contributed by atoms with E-state index in [1.807, 2.05) is 51.2 Å². The van der Waals surface area contributed by atoms with Gasteiger partial charge < -0.3 is 33.4 Å². The van der Waals surface area contributed by atoms with Gasteiger partial charge in [0.15, 0.2) is 0 Å². The summed E-state index contributed by atoms with van der Waals surface area (Å²) in [4.78, 5) is 30.1. The van der Waals surface area contributed by atoms with E-state index in [1.165, 1.54) is 0 Å². The number of nitrogens with zero attached hydrogens (tertiary/aromatic N) is 3. The lowest BCUT2D eigenvalue weighted by Crippen LogP contribution is -2.45. The van der Waals surface area contributed by atoms with Crippen LogP contribution in [0.4, 0.5) is 0 Å². The summed E-state index contributed by atoms with van der Waals surface area (Å²) in [5.74, 6) is 1.90. The Hall–Kier alpha value is -2.92. The zero-order valence-corrected chi connectivity index (χ0v) is 25.8. The minimum Gasteiger partial charge on any atom is -0.492 e. The zero-order chi connectivity index (χ0) is 28.9. The van der Waals surface area contributed by atoms with Gasteiger partial charge in [0.2, 0.25) is 0 Å². The molecule has 1 N–H and O–H groups in total. The number of fused-ring (bicyclic) bond motifs is 1. The number of hydrogen-bond acceptors (Lipinski definition) is 8. The number of carbonyl (C=O) groups is 1. The first kappa shape index (κ1) is 32.0. The number of aromatic nitrogens is 3. The number of benzene rings is 1. The summed E-state index contributed by atoms with van der Waals surface area (Å²) in [5.41, 5.74) is 3.46. The maximum atomic E-state index is 12.7. The van der Waals surface area contributed by atoms with Gasteiger partial charge in [-0.2, -0.15) is 0 Å². The van der Waals surface area contributed by atoms with E-state index in [4.69, 9.17) is 23.9 Å². The molecule has 0 aliphatic carbocycles. The molecule has 230 valence electrons. The van der Waals surface area contributed by atoms with Crippen LogP contribution in [-0.4, -0.2) is 71.8 Å².